The SMILES string of the molecule is COc1ccccc1N=C(N)SCc1c(F)cccc1Cl. The van der Waals surface area contributed by atoms with Crippen molar-refractivity contribution in [3.63, 3.8) is 0 Å². The zero-order chi connectivity index (χ0) is 15.2. The summed E-state index contributed by atoms with van der Waals surface area (Å²) in [6.45, 7) is 0. The molecule has 0 unspecified atom stereocenters. The summed E-state index contributed by atoms with van der Waals surface area (Å²) in [5.74, 6) is 0.598. The van der Waals surface area contributed by atoms with Crippen LogP contribution in [0.15, 0.2) is 47.5 Å². The first kappa shape index (κ1) is 15.7. The average Bonchev–Trinajstić information content (AvgIpc) is 2.47. The van der Waals surface area contributed by atoms with Gasteiger partial charge in [-0.1, -0.05) is 41.6 Å². The molecule has 0 bridgehead atoms. The van der Waals surface area contributed by atoms with Gasteiger partial charge in [-0.3, -0.25) is 0 Å². The van der Waals surface area contributed by atoms with Crippen LogP contribution in [0.3, 0.4) is 0 Å². The zero-order valence-electron chi connectivity index (χ0n) is 11.3. The van der Waals surface area contributed by atoms with Crippen LogP contribution in [-0.4, -0.2) is 12.3 Å². The Kier molecular flexibility index (Phi) is 5.47. The van der Waals surface area contributed by atoms with E-state index in [2.05, 4.69) is 4.99 Å². The van der Waals surface area contributed by atoms with Crippen LogP contribution >= 0.6 is 23.4 Å². The number of amidine groups is 1. The summed E-state index contributed by atoms with van der Waals surface area (Å²) in [5, 5.41) is 0.700. The lowest BCUT2D eigenvalue weighted by molar-refractivity contribution is 0.416. The number of thioether (sulfide) groups is 1. The van der Waals surface area contributed by atoms with Crippen molar-refractivity contribution in [3.05, 3.63) is 58.9 Å². The summed E-state index contributed by atoms with van der Waals surface area (Å²) >= 11 is 7.19. The molecule has 0 radical (unpaired) electrons. The summed E-state index contributed by atoms with van der Waals surface area (Å²) in [5.41, 5.74) is 6.92. The smallest absolute Gasteiger partial charge is 0.159 e. The molecule has 2 aromatic carbocycles. The number of aliphatic imine (C=N–C) groups is 1. The van der Waals surface area contributed by atoms with Gasteiger partial charge in [0.25, 0.3) is 0 Å². The fourth-order valence-electron chi connectivity index (χ4n) is 1.69. The summed E-state index contributed by atoms with van der Waals surface area (Å²) in [7, 11) is 1.57. The van der Waals surface area contributed by atoms with E-state index < -0.39 is 0 Å². The van der Waals surface area contributed by atoms with Gasteiger partial charge in [0.05, 0.1) is 7.11 Å². The van der Waals surface area contributed by atoms with Gasteiger partial charge in [0, 0.05) is 16.3 Å². The van der Waals surface area contributed by atoms with E-state index in [1.807, 2.05) is 12.1 Å². The number of ether oxygens (including phenoxy) is 1. The Morgan fingerprint density at radius 2 is 2.05 bits per heavy atom. The first-order valence-corrected chi connectivity index (χ1v) is 7.51. The van der Waals surface area contributed by atoms with Crippen molar-refractivity contribution in [1.29, 1.82) is 0 Å². The van der Waals surface area contributed by atoms with Gasteiger partial charge in [0.15, 0.2) is 5.17 Å². The molecule has 6 heteroatoms. The highest BCUT2D eigenvalue weighted by Gasteiger charge is 2.08. The van der Waals surface area contributed by atoms with E-state index in [1.165, 1.54) is 17.8 Å². The number of para-hydroxylation sites is 2. The van der Waals surface area contributed by atoms with Crippen molar-refractivity contribution in [2.75, 3.05) is 7.11 Å². The van der Waals surface area contributed by atoms with E-state index in [1.54, 1.807) is 31.4 Å². The van der Waals surface area contributed by atoms with Crippen LogP contribution < -0.4 is 10.5 Å². The van der Waals surface area contributed by atoms with Crippen LogP contribution in [0.2, 0.25) is 5.02 Å². The second-order valence-corrected chi connectivity index (χ2v) is 5.51. The molecule has 110 valence electrons. The van der Waals surface area contributed by atoms with Gasteiger partial charge < -0.3 is 10.5 Å². The summed E-state index contributed by atoms with van der Waals surface area (Å²) in [6.07, 6.45) is 0. The Morgan fingerprint density at radius 1 is 1.29 bits per heavy atom. The molecule has 0 aliphatic carbocycles. The summed E-state index contributed by atoms with van der Waals surface area (Å²) in [4.78, 5) is 4.27. The van der Waals surface area contributed by atoms with Gasteiger partial charge in [-0.05, 0) is 24.3 Å². The number of benzene rings is 2. The first-order chi connectivity index (χ1) is 10.1. The standard InChI is InChI=1S/C15H14ClFN2OS/c1-20-14-8-3-2-7-13(14)19-15(18)21-9-10-11(16)5-4-6-12(10)17/h2-8H,9H2,1H3,(H2,18,19). The zero-order valence-corrected chi connectivity index (χ0v) is 12.9. The maximum Gasteiger partial charge on any atom is 0.159 e. The van der Waals surface area contributed by atoms with E-state index in [-0.39, 0.29) is 5.82 Å². The van der Waals surface area contributed by atoms with Crippen molar-refractivity contribution in [1.82, 2.24) is 0 Å². The molecule has 0 saturated heterocycles. The Labute approximate surface area is 132 Å². The Bertz CT molecular complexity index is 644. The lowest BCUT2D eigenvalue weighted by atomic mass is 10.2. The minimum absolute atomic E-state index is 0.315. The second kappa shape index (κ2) is 7.33. The van der Waals surface area contributed by atoms with Crippen LogP contribution in [0.4, 0.5) is 10.1 Å². The Morgan fingerprint density at radius 3 is 2.76 bits per heavy atom. The molecule has 0 aliphatic heterocycles. The van der Waals surface area contributed by atoms with Crippen molar-refractivity contribution in [3.8, 4) is 5.75 Å². The van der Waals surface area contributed by atoms with Crippen LogP contribution in [0.1, 0.15) is 5.56 Å². The number of rotatable bonds is 4. The number of nitrogens with two attached hydrogens (primary N) is 1. The summed E-state index contributed by atoms with van der Waals surface area (Å²) < 4.78 is 18.8. The third-order valence-corrected chi connectivity index (χ3v) is 3.92. The van der Waals surface area contributed by atoms with Crippen LogP contribution in [0, 0.1) is 5.82 Å². The van der Waals surface area contributed by atoms with Crippen LogP contribution in [-0.2, 0) is 5.75 Å². The molecular weight excluding hydrogens is 311 g/mol. The van der Waals surface area contributed by atoms with Gasteiger partial charge in [-0.25, -0.2) is 9.38 Å². The van der Waals surface area contributed by atoms with Crippen molar-refractivity contribution >= 4 is 34.2 Å². The number of methoxy groups -OCH3 is 1. The molecule has 2 aromatic rings. The number of hydrogen-bond donors (Lipinski definition) is 1. The van der Waals surface area contributed by atoms with E-state index in [4.69, 9.17) is 22.1 Å². The van der Waals surface area contributed by atoms with Crippen LogP contribution in [0.5, 0.6) is 5.75 Å². The Hall–Kier alpha value is -1.72. The number of hydrogen-bond acceptors (Lipinski definition) is 3. The van der Waals surface area contributed by atoms with E-state index in [0.717, 1.165) is 0 Å². The molecule has 3 nitrogen and oxygen atoms in total. The predicted molar refractivity (Wildman–Crippen MR) is 87.0 cm³/mol. The molecule has 0 aromatic heterocycles. The monoisotopic (exact) mass is 324 g/mol. The highest BCUT2D eigenvalue weighted by atomic mass is 35.5. The minimum atomic E-state index is -0.347. The molecule has 0 saturated carbocycles. The fraction of sp³-hybridized carbons (Fsp3) is 0.133. The molecule has 21 heavy (non-hydrogen) atoms. The molecule has 0 aliphatic rings. The average molecular weight is 325 g/mol. The molecule has 2 rings (SSSR count). The fourth-order valence-corrected chi connectivity index (χ4v) is 2.75. The van der Waals surface area contributed by atoms with Crippen molar-refractivity contribution in [2.24, 2.45) is 10.7 Å². The third-order valence-electron chi connectivity index (χ3n) is 2.74. The highest BCUT2D eigenvalue weighted by Crippen LogP contribution is 2.28. The molecule has 0 amide bonds. The Balaban J connectivity index is 2.11. The van der Waals surface area contributed by atoms with Crippen molar-refractivity contribution in [2.45, 2.75) is 5.75 Å². The molecule has 2 N–H and O–H groups in total. The summed E-state index contributed by atoms with van der Waals surface area (Å²) in [6, 6.07) is 11.9. The number of halogens is 2. The maximum atomic E-state index is 13.6. The third kappa shape index (κ3) is 4.12. The molecule has 0 fully saturated rings. The predicted octanol–water partition coefficient (Wildman–Crippen LogP) is 4.37. The molecule has 0 heterocycles. The largest absolute Gasteiger partial charge is 0.494 e. The lowest BCUT2D eigenvalue weighted by Crippen LogP contribution is -2.07. The van der Waals surface area contributed by atoms with Gasteiger partial charge in [0.1, 0.15) is 17.3 Å². The van der Waals surface area contributed by atoms with Gasteiger partial charge in [0.2, 0.25) is 0 Å². The van der Waals surface area contributed by atoms with Gasteiger partial charge in [-0.2, -0.15) is 0 Å². The van der Waals surface area contributed by atoms with E-state index >= 15 is 0 Å². The van der Waals surface area contributed by atoms with Crippen LogP contribution in [0.25, 0.3) is 0 Å². The minimum Gasteiger partial charge on any atom is -0.494 e. The number of nitrogens with zero attached hydrogens (tertiary/aromatic N) is 1. The lowest BCUT2D eigenvalue weighted by Gasteiger charge is -2.07. The molecule has 0 spiro atoms. The van der Waals surface area contributed by atoms with E-state index in [0.29, 0.717) is 32.9 Å². The topological polar surface area (TPSA) is 47.6 Å². The highest BCUT2D eigenvalue weighted by molar-refractivity contribution is 8.13. The normalized spacial score (nSPS) is 11.5. The van der Waals surface area contributed by atoms with Gasteiger partial charge >= 0.3 is 0 Å². The second-order valence-electron chi connectivity index (χ2n) is 4.11. The van der Waals surface area contributed by atoms with E-state index in [9.17, 15) is 4.39 Å². The maximum absolute atomic E-state index is 13.6. The first-order valence-electron chi connectivity index (χ1n) is 6.14. The molecule has 0 atom stereocenters. The molecular formula is C15H14ClFN2OS. The van der Waals surface area contributed by atoms with Gasteiger partial charge in [-0.15, -0.1) is 0 Å². The quantitative estimate of drug-likeness (QED) is 0.671. The van der Waals surface area contributed by atoms with Crippen molar-refractivity contribution < 1.29 is 9.13 Å².